The first-order valence-corrected chi connectivity index (χ1v) is 7.93. The third kappa shape index (κ3) is 4.31. The van der Waals surface area contributed by atoms with Crippen molar-refractivity contribution in [3.05, 3.63) is 30.1 Å². The molecule has 0 amide bonds. The summed E-state index contributed by atoms with van der Waals surface area (Å²) in [5, 5.41) is 0.626. The summed E-state index contributed by atoms with van der Waals surface area (Å²) in [6.45, 7) is 0.235. The number of hydrogen-bond acceptors (Lipinski definition) is 3. The van der Waals surface area contributed by atoms with Crippen molar-refractivity contribution in [2.75, 3.05) is 19.0 Å². The van der Waals surface area contributed by atoms with Crippen LogP contribution in [-0.2, 0) is 14.8 Å². The topological polar surface area (TPSA) is 55.4 Å². The fraction of sp³-hybridized carbons (Fsp3) is 0.455. The van der Waals surface area contributed by atoms with E-state index in [-0.39, 0.29) is 17.5 Å². The van der Waals surface area contributed by atoms with Gasteiger partial charge in [-0.3, -0.25) is 0 Å². The Hall–Kier alpha value is -0.500. The summed E-state index contributed by atoms with van der Waals surface area (Å²) in [6.07, 6.45) is 0.557. The fourth-order valence-corrected chi connectivity index (χ4v) is 3.34. The first-order chi connectivity index (χ1) is 8.51. The SMILES string of the molecule is COCC(CCBr)NS(=O)(=O)c1ccccc1F. The van der Waals surface area contributed by atoms with Gasteiger partial charge in [-0.15, -0.1) is 0 Å². The molecule has 1 aromatic rings. The predicted octanol–water partition coefficient (Wildman–Crippen LogP) is 1.90. The van der Waals surface area contributed by atoms with Crippen LogP contribution in [0.1, 0.15) is 6.42 Å². The fourth-order valence-electron chi connectivity index (χ4n) is 1.45. The number of hydrogen-bond donors (Lipinski definition) is 1. The Labute approximate surface area is 115 Å². The number of ether oxygens (including phenoxy) is 1. The molecule has 0 aliphatic rings. The van der Waals surface area contributed by atoms with Crippen LogP contribution >= 0.6 is 15.9 Å². The molecule has 0 aromatic heterocycles. The summed E-state index contributed by atoms with van der Waals surface area (Å²) in [6, 6.07) is 4.88. The number of rotatable bonds is 7. The lowest BCUT2D eigenvalue weighted by molar-refractivity contribution is 0.173. The molecule has 0 aliphatic heterocycles. The van der Waals surface area contributed by atoms with Gasteiger partial charge < -0.3 is 4.74 Å². The Bertz CT molecular complexity index is 475. The zero-order valence-electron chi connectivity index (χ0n) is 9.90. The van der Waals surface area contributed by atoms with Crippen LogP contribution < -0.4 is 4.72 Å². The number of methoxy groups -OCH3 is 1. The lowest BCUT2D eigenvalue weighted by Crippen LogP contribution is -2.38. The molecular weight excluding hydrogens is 325 g/mol. The third-order valence-electron chi connectivity index (χ3n) is 2.27. The molecule has 0 saturated carbocycles. The largest absolute Gasteiger partial charge is 0.383 e. The van der Waals surface area contributed by atoms with Crippen LogP contribution in [0, 0.1) is 5.82 Å². The van der Waals surface area contributed by atoms with Gasteiger partial charge in [-0.05, 0) is 18.6 Å². The molecule has 0 radical (unpaired) electrons. The highest BCUT2D eigenvalue weighted by molar-refractivity contribution is 9.09. The Kier molecular flexibility index (Phi) is 6.20. The van der Waals surface area contributed by atoms with E-state index in [9.17, 15) is 12.8 Å². The van der Waals surface area contributed by atoms with Crippen molar-refractivity contribution >= 4 is 26.0 Å². The molecule has 1 unspecified atom stereocenters. The minimum Gasteiger partial charge on any atom is -0.383 e. The van der Waals surface area contributed by atoms with Crippen molar-refractivity contribution < 1.29 is 17.5 Å². The molecule has 102 valence electrons. The average Bonchev–Trinajstić information content (AvgIpc) is 2.29. The number of nitrogens with one attached hydrogen (secondary N) is 1. The molecule has 18 heavy (non-hydrogen) atoms. The van der Waals surface area contributed by atoms with Crippen molar-refractivity contribution in [1.29, 1.82) is 0 Å². The smallest absolute Gasteiger partial charge is 0.243 e. The van der Waals surface area contributed by atoms with E-state index in [0.717, 1.165) is 6.07 Å². The highest BCUT2D eigenvalue weighted by Gasteiger charge is 2.22. The van der Waals surface area contributed by atoms with E-state index in [1.54, 1.807) is 0 Å². The summed E-state index contributed by atoms with van der Waals surface area (Å²) < 4.78 is 44.8. The van der Waals surface area contributed by atoms with Gasteiger partial charge in [0.15, 0.2) is 0 Å². The van der Waals surface area contributed by atoms with Crippen LogP contribution in [0.5, 0.6) is 0 Å². The summed E-state index contributed by atoms with van der Waals surface area (Å²) in [7, 11) is -2.38. The van der Waals surface area contributed by atoms with Crippen molar-refractivity contribution in [3.63, 3.8) is 0 Å². The molecule has 0 spiro atoms. The van der Waals surface area contributed by atoms with Crippen LogP contribution in [0.2, 0.25) is 0 Å². The molecule has 1 atom stereocenters. The molecule has 1 N–H and O–H groups in total. The average molecular weight is 340 g/mol. The molecule has 0 bridgehead atoms. The Morgan fingerprint density at radius 2 is 2.11 bits per heavy atom. The maximum atomic E-state index is 13.4. The Morgan fingerprint density at radius 3 is 2.67 bits per heavy atom. The van der Waals surface area contributed by atoms with Gasteiger partial charge in [0, 0.05) is 18.5 Å². The second-order valence-corrected chi connectivity index (χ2v) is 6.16. The summed E-state index contributed by atoms with van der Waals surface area (Å²) >= 11 is 3.23. The van der Waals surface area contributed by atoms with Crippen molar-refractivity contribution in [3.8, 4) is 0 Å². The van der Waals surface area contributed by atoms with Crippen LogP contribution in [0.4, 0.5) is 4.39 Å². The molecule has 0 fully saturated rings. The summed E-state index contributed by atoms with van der Waals surface area (Å²) in [4.78, 5) is -0.347. The van der Waals surface area contributed by atoms with E-state index in [0.29, 0.717) is 11.8 Å². The predicted molar refractivity (Wildman–Crippen MR) is 70.8 cm³/mol. The van der Waals surface area contributed by atoms with Gasteiger partial charge in [-0.2, -0.15) is 0 Å². The second-order valence-electron chi connectivity index (χ2n) is 3.68. The van der Waals surface area contributed by atoms with Gasteiger partial charge in [0.25, 0.3) is 0 Å². The molecule has 0 heterocycles. The van der Waals surface area contributed by atoms with Gasteiger partial charge in [-0.1, -0.05) is 28.1 Å². The summed E-state index contributed by atoms with van der Waals surface area (Å²) in [5.74, 6) is -0.764. The van der Waals surface area contributed by atoms with E-state index in [1.165, 1.54) is 25.3 Å². The zero-order chi connectivity index (χ0) is 13.6. The number of sulfonamides is 1. The van der Waals surface area contributed by atoms with E-state index in [4.69, 9.17) is 4.74 Å². The van der Waals surface area contributed by atoms with E-state index >= 15 is 0 Å². The van der Waals surface area contributed by atoms with Gasteiger partial charge in [0.05, 0.1) is 6.61 Å². The normalized spacial score (nSPS) is 13.5. The highest BCUT2D eigenvalue weighted by Crippen LogP contribution is 2.14. The van der Waals surface area contributed by atoms with Gasteiger partial charge in [-0.25, -0.2) is 17.5 Å². The van der Waals surface area contributed by atoms with E-state index in [1.807, 2.05) is 0 Å². The number of benzene rings is 1. The van der Waals surface area contributed by atoms with Crippen LogP contribution in [0.25, 0.3) is 0 Å². The zero-order valence-corrected chi connectivity index (χ0v) is 12.3. The molecule has 4 nitrogen and oxygen atoms in total. The molecule has 1 rings (SSSR count). The van der Waals surface area contributed by atoms with Crippen molar-refractivity contribution in [1.82, 2.24) is 4.72 Å². The van der Waals surface area contributed by atoms with Crippen molar-refractivity contribution in [2.24, 2.45) is 0 Å². The Balaban J connectivity index is 2.90. The van der Waals surface area contributed by atoms with Crippen molar-refractivity contribution in [2.45, 2.75) is 17.4 Å². The summed E-state index contributed by atoms with van der Waals surface area (Å²) in [5.41, 5.74) is 0. The van der Waals surface area contributed by atoms with E-state index in [2.05, 4.69) is 20.7 Å². The maximum Gasteiger partial charge on any atom is 0.243 e. The lowest BCUT2D eigenvalue weighted by Gasteiger charge is -2.17. The quantitative estimate of drug-likeness (QED) is 0.772. The number of alkyl halides is 1. The van der Waals surface area contributed by atoms with Crippen LogP contribution in [-0.4, -0.2) is 33.5 Å². The minimum atomic E-state index is -3.86. The minimum absolute atomic E-state index is 0.235. The van der Waals surface area contributed by atoms with E-state index < -0.39 is 15.8 Å². The maximum absolute atomic E-state index is 13.4. The first-order valence-electron chi connectivity index (χ1n) is 5.33. The van der Waals surface area contributed by atoms with Gasteiger partial charge in [0.2, 0.25) is 10.0 Å². The molecule has 0 aliphatic carbocycles. The van der Waals surface area contributed by atoms with Gasteiger partial charge >= 0.3 is 0 Å². The van der Waals surface area contributed by atoms with Gasteiger partial charge in [0.1, 0.15) is 10.7 Å². The Morgan fingerprint density at radius 1 is 1.44 bits per heavy atom. The standard InChI is InChI=1S/C11H15BrFNO3S/c1-17-8-9(6-7-12)14-18(15,16)11-5-3-2-4-10(11)13/h2-5,9,14H,6-8H2,1H3. The number of halogens is 2. The second kappa shape index (κ2) is 7.18. The molecule has 0 saturated heterocycles. The highest BCUT2D eigenvalue weighted by atomic mass is 79.9. The van der Waals surface area contributed by atoms with Crippen LogP contribution in [0.15, 0.2) is 29.2 Å². The monoisotopic (exact) mass is 339 g/mol. The third-order valence-corrected chi connectivity index (χ3v) is 4.28. The molecular formula is C11H15BrFNO3S. The molecule has 1 aromatic carbocycles. The molecule has 7 heteroatoms. The lowest BCUT2D eigenvalue weighted by atomic mass is 10.3. The van der Waals surface area contributed by atoms with Crippen LogP contribution in [0.3, 0.4) is 0 Å². The first kappa shape index (κ1) is 15.6.